The maximum atomic E-state index is 5.88. The Morgan fingerprint density at radius 3 is 2.83 bits per heavy atom. The number of hydrogen-bond donors (Lipinski definition) is 1. The van der Waals surface area contributed by atoms with Crippen molar-refractivity contribution in [3.63, 3.8) is 0 Å². The van der Waals surface area contributed by atoms with E-state index < -0.39 is 0 Å². The normalized spacial score (nSPS) is 10.8. The molecule has 0 atom stereocenters. The molecule has 1 aromatic heterocycles. The fourth-order valence-corrected chi connectivity index (χ4v) is 2.42. The molecule has 2 heteroatoms. The average Bonchev–Trinajstić information content (AvgIpc) is 2.48. The van der Waals surface area contributed by atoms with Crippen LogP contribution in [0.2, 0.25) is 0 Å². The second kappa shape index (κ2) is 2.49. The predicted octanol–water partition coefficient (Wildman–Crippen LogP) is 3.10. The standard InChI is InChI=1S/C10H11NS/c1-6-5-9(11)8-3-4-12-10(8)7(6)2/h3-5H,11H2,1-2H3. The first-order chi connectivity index (χ1) is 5.70. The van der Waals surface area contributed by atoms with Gasteiger partial charge in [-0.15, -0.1) is 11.3 Å². The number of benzene rings is 1. The molecule has 2 aromatic rings. The summed E-state index contributed by atoms with van der Waals surface area (Å²) in [4.78, 5) is 0. The Balaban J connectivity index is 2.97. The Kier molecular flexibility index (Phi) is 1.58. The molecule has 0 saturated heterocycles. The molecule has 0 aliphatic heterocycles. The molecule has 12 heavy (non-hydrogen) atoms. The van der Waals surface area contributed by atoms with E-state index in [0.717, 1.165) is 5.69 Å². The van der Waals surface area contributed by atoms with Gasteiger partial charge >= 0.3 is 0 Å². The van der Waals surface area contributed by atoms with E-state index in [1.165, 1.54) is 21.2 Å². The lowest BCUT2D eigenvalue weighted by atomic mass is 10.1. The van der Waals surface area contributed by atoms with E-state index in [0.29, 0.717) is 0 Å². The van der Waals surface area contributed by atoms with Crippen LogP contribution in [0, 0.1) is 13.8 Å². The summed E-state index contributed by atoms with van der Waals surface area (Å²) < 4.78 is 1.33. The van der Waals surface area contributed by atoms with E-state index in [4.69, 9.17) is 5.73 Å². The molecule has 2 N–H and O–H groups in total. The molecular weight excluding hydrogens is 166 g/mol. The van der Waals surface area contributed by atoms with E-state index in [1.807, 2.05) is 6.07 Å². The van der Waals surface area contributed by atoms with Crippen LogP contribution in [0.25, 0.3) is 10.1 Å². The molecular formula is C10H11NS. The molecule has 0 saturated carbocycles. The van der Waals surface area contributed by atoms with Crippen molar-refractivity contribution in [1.29, 1.82) is 0 Å². The summed E-state index contributed by atoms with van der Waals surface area (Å²) in [5.41, 5.74) is 9.41. The SMILES string of the molecule is Cc1cc(N)c2ccsc2c1C. The Bertz CT molecular complexity index is 429. The van der Waals surface area contributed by atoms with Crippen LogP contribution in [0.5, 0.6) is 0 Å². The van der Waals surface area contributed by atoms with Gasteiger partial charge in [-0.05, 0) is 42.5 Å². The van der Waals surface area contributed by atoms with Crippen LogP contribution in [-0.4, -0.2) is 0 Å². The smallest absolute Gasteiger partial charge is 0.0405 e. The molecule has 1 aromatic carbocycles. The summed E-state index contributed by atoms with van der Waals surface area (Å²) in [5.74, 6) is 0. The highest BCUT2D eigenvalue weighted by Gasteiger charge is 2.04. The lowest BCUT2D eigenvalue weighted by Crippen LogP contribution is -1.89. The monoisotopic (exact) mass is 177 g/mol. The highest BCUT2D eigenvalue weighted by molar-refractivity contribution is 7.17. The van der Waals surface area contributed by atoms with Crippen LogP contribution in [0.3, 0.4) is 0 Å². The fourth-order valence-electron chi connectivity index (χ4n) is 1.43. The molecule has 0 unspecified atom stereocenters. The first-order valence-corrected chi connectivity index (χ1v) is 4.81. The maximum Gasteiger partial charge on any atom is 0.0405 e. The van der Waals surface area contributed by atoms with Gasteiger partial charge < -0.3 is 5.73 Å². The Morgan fingerprint density at radius 1 is 1.33 bits per heavy atom. The van der Waals surface area contributed by atoms with Crippen molar-refractivity contribution in [2.24, 2.45) is 0 Å². The van der Waals surface area contributed by atoms with E-state index in [9.17, 15) is 0 Å². The number of thiophene rings is 1. The predicted molar refractivity (Wildman–Crippen MR) is 55.7 cm³/mol. The summed E-state index contributed by atoms with van der Waals surface area (Å²) in [6.45, 7) is 4.25. The van der Waals surface area contributed by atoms with Gasteiger partial charge in [-0.25, -0.2) is 0 Å². The molecule has 1 nitrogen and oxygen atoms in total. The summed E-state index contributed by atoms with van der Waals surface area (Å²) in [6, 6.07) is 4.13. The fraction of sp³-hybridized carbons (Fsp3) is 0.200. The minimum absolute atomic E-state index is 0.898. The Morgan fingerprint density at radius 2 is 2.08 bits per heavy atom. The number of nitrogen functional groups attached to an aromatic ring is 1. The first-order valence-electron chi connectivity index (χ1n) is 3.93. The first kappa shape index (κ1) is 7.62. The minimum atomic E-state index is 0.898. The number of nitrogens with two attached hydrogens (primary N) is 1. The van der Waals surface area contributed by atoms with Crippen molar-refractivity contribution in [3.05, 3.63) is 28.6 Å². The van der Waals surface area contributed by atoms with Gasteiger partial charge in [0.1, 0.15) is 0 Å². The van der Waals surface area contributed by atoms with Crippen LogP contribution in [0.1, 0.15) is 11.1 Å². The van der Waals surface area contributed by atoms with Crippen LogP contribution in [0.4, 0.5) is 5.69 Å². The van der Waals surface area contributed by atoms with Gasteiger partial charge in [-0.1, -0.05) is 0 Å². The topological polar surface area (TPSA) is 26.0 Å². The van der Waals surface area contributed by atoms with Gasteiger partial charge in [-0.3, -0.25) is 0 Å². The number of aryl methyl sites for hydroxylation is 2. The molecule has 0 aliphatic rings. The third-order valence-corrected chi connectivity index (χ3v) is 3.31. The number of rotatable bonds is 0. The van der Waals surface area contributed by atoms with Crippen LogP contribution < -0.4 is 5.73 Å². The second-order valence-corrected chi connectivity index (χ2v) is 3.99. The second-order valence-electron chi connectivity index (χ2n) is 3.07. The highest BCUT2D eigenvalue weighted by atomic mass is 32.1. The van der Waals surface area contributed by atoms with Crippen molar-refractivity contribution in [2.45, 2.75) is 13.8 Å². The third kappa shape index (κ3) is 0.916. The highest BCUT2D eigenvalue weighted by Crippen LogP contribution is 2.31. The summed E-state index contributed by atoms with van der Waals surface area (Å²) >= 11 is 1.76. The van der Waals surface area contributed by atoms with Crippen molar-refractivity contribution >= 4 is 27.1 Å². The maximum absolute atomic E-state index is 5.88. The summed E-state index contributed by atoms with van der Waals surface area (Å²) in [7, 11) is 0. The van der Waals surface area contributed by atoms with Gasteiger partial charge in [0.2, 0.25) is 0 Å². The van der Waals surface area contributed by atoms with Gasteiger partial charge in [0, 0.05) is 15.8 Å². The van der Waals surface area contributed by atoms with Crippen molar-refractivity contribution in [1.82, 2.24) is 0 Å². The lowest BCUT2D eigenvalue weighted by molar-refractivity contribution is 1.39. The lowest BCUT2D eigenvalue weighted by Gasteiger charge is -2.03. The minimum Gasteiger partial charge on any atom is -0.398 e. The number of hydrogen-bond acceptors (Lipinski definition) is 2. The van der Waals surface area contributed by atoms with Crippen molar-refractivity contribution in [2.75, 3.05) is 5.73 Å². The zero-order chi connectivity index (χ0) is 8.72. The van der Waals surface area contributed by atoms with Gasteiger partial charge in [0.25, 0.3) is 0 Å². The van der Waals surface area contributed by atoms with E-state index in [1.54, 1.807) is 11.3 Å². The molecule has 0 amide bonds. The molecule has 0 spiro atoms. The van der Waals surface area contributed by atoms with Crippen molar-refractivity contribution in [3.8, 4) is 0 Å². The summed E-state index contributed by atoms with van der Waals surface area (Å²) in [6.07, 6.45) is 0. The molecule has 1 heterocycles. The number of fused-ring (bicyclic) bond motifs is 1. The summed E-state index contributed by atoms with van der Waals surface area (Å²) in [5, 5.41) is 3.29. The molecule has 0 bridgehead atoms. The quantitative estimate of drug-likeness (QED) is 0.615. The molecule has 62 valence electrons. The van der Waals surface area contributed by atoms with Crippen LogP contribution in [-0.2, 0) is 0 Å². The molecule has 0 fully saturated rings. The Labute approximate surface area is 75.8 Å². The average molecular weight is 177 g/mol. The molecule has 0 radical (unpaired) electrons. The van der Waals surface area contributed by atoms with E-state index >= 15 is 0 Å². The van der Waals surface area contributed by atoms with Crippen LogP contribution >= 0.6 is 11.3 Å². The largest absolute Gasteiger partial charge is 0.398 e. The van der Waals surface area contributed by atoms with Crippen molar-refractivity contribution < 1.29 is 0 Å². The van der Waals surface area contributed by atoms with Gasteiger partial charge in [0.05, 0.1) is 0 Å². The zero-order valence-electron chi connectivity index (χ0n) is 7.22. The number of anilines is 1. The molecule has 2 rings (SSSR count). The van der Waals surface area contributed by atoms with E-state index in [-0.39, 0.29) is 0 Å². The zero-order valence-corrected chi connectivity index (χ0v) is 8.03. The van der Waals surface area contributed by atoms with E-state index in [2.05, 4.69) is 25.3 Å². The van der Waals surface area contributed by atoms with Crippen LogP contribution in [0.15, 0.2) is 17.5 Å². The van der Waals surface area contributed by atoms with Gasteiger partial charge in [0.15, 0.2) is 0 Å². The Hall–Kier alpha value is -1.02. The van der Waals surface area contributed by atoms with Gasteiger partial charge in [-0.2, -0.15) is 0 Å². The third-order valence-electron chi connectivity index (χ3n) is 2.28. The molecule has 0 aliphatic carbocycles.